The van der Waals surface area contributed by atoms with Gasteiger partial charge in [-0.3, -0.25) is 4.79 Å². The Kier molecular flexibility index (Phi) is 5.59. The second kappa shape index (κ2) is 8.45. The quantitative estimate of drug-likeness (QED) is 0.417. The molecule has 0 bridgehead atoms. The molecule has 6 nitrogen and oxygen atoms in total. The van der Waals surface area contributed by atoms with Gasteiger partial charge >= 0.3 is 0 Å². The van der Waals surface area contributed by atoms with E-state index in [9.17, 15) is 4.79 Å². The van der Waals surface area contributed by atoms with Gasteiger partial charge in [-0.15, -0.1) is 10.2 Å². The topological polar surface area (TPSA) is 80.1 Å². The third kappa shape index (κ3) is 4.52. The summed E-state index contributed by atoms with van der Waals surface area (Å²) in [6, 6.07) is 17.7. The van der Waals surface area contributed by atoms with Gasteiger partial charge in [0.2, 0.25) is 11.0 Å². The monoisotopic (exact) mass is 410 g/mol. The number of anilines is 2. The van der Waals surface area contributed by atoms with Crippen LogP contribution in [-0.2, 0) is 11.3 Å². The Morgan fingerprint density at radius 3 is 2.82 bits per heavy atom. The van der Waals surface area contributed by atoms with E-state index in [1.54, 1.807) is 6.26 Å². The Hall–Kier alpha value is -2.84. The molecule has 1 atom stereocenters. The van der Waals surface area contributed by atoms with Crippen LogP contribution in [0.25, 0.3) is 10.8 Å². The molecule has 0 aliphatic carbocycles. The Morgan fingerprint density at radius 2 is 2.00 bits per heavy atom. The summed E-state index contributed by atoms with van der Waals surface area (Å²) in [7, 11) is 0. The van der Waals surface area contributed by atoms with E-state index in [0.717, 1.165) is 26.6 Å². The minimum absolute atomic E-state index is 0.0689. The predicted octanol–water partition coefficient (Wildman–Crippen LogP) is 5.02. The fourth-order valence-electron chi connectivity index (χ4n) is 2.62. The number of rotatable bonds is 7. The highest BCUT2D eigenvalue weighted by Gasteiger charge is 2.17. The number of thioether (sulfide) groups is 1. The van der Waals surface area contributed by atoms with Crippen molar-refractivity contribution in [2.24, 2.45) is 0 Å². The number of hydrogen-bond donors (Lipinski definition) is 2. The third-order valence-electron chi connectivity index (χ3n) is 4.06. The van der Waals surface area contributed by atoms with Crippen molar-refractivity contribution < 1.29 is 9.21 Å². The van der Waals surface area contributed by atoms with Crippen LogP contribution >= 0.6 is 23.1 Å². The number of benzene rings is 2. The van der Waals surface area contributed by atoms with Crippen LogP contribution in [0, 0.1) is 0 Å². The highest BCUT2D eigenvalue weighted by atomic mass is 32.2. The molecule has 1 amide bonds. The number of hydrogen-bond acceptors (Lipinski definition) is 7. The molecule has 0 fully saturated rings. The molecule has 4 rings (SSSR count). The van der Waals surface area contributed by atoms with Gasteiger partial charge in [-0.1, -0.05) is 53.4 Å². The molecule has 2 heterocycles. The Labute approximate surface area is 170 Å². The van der Waals surface area contributed by atoms with Crippen molar-refractivity contribution in [3.8, 4) is 0 Å². The fourth-order valence-corrected chi connectivity index (χ4v) is 4.51. The van der Waals surface area contributed by atoms with E-state index in [2.05, 4.69) is 20.8 Å². The van der Waals surface area contributed by atoms with Crippen LogP contribution in [-0.4, -0.2) is 21.4 Å². The van der Waals surface area contributed by atoms with Gasteiger partial charge in [-0.2, -0.15) is 0 Å². The average molecular weight is 411 g/mol. The van der Waals surface area contributed by atoms with Gasteiger partial charge in [0.25, 0.3) is 0 Å². The second-order valence-electron chi connectivity index (χ2n) is 6.12. The molecule has 0 radical (unpaired) electrons. The van der Waals surface area contributed by atoms with E-state index in [-0.39, 0.29) is 11.2 Å². The molecule has 1 unspecified atom stereocenters. The van der Waals surface area contributed by atoms with Crippen molar-refractivity contribution in [3.05, 3.63) is 66.6 Å². The number of fused-ring (bicyclic) bond motifs is 1. The fraction of sp³-hybridized carbons (Fsp3) is 0.150. The highest BCUT2D eigenvalue weighted by Crippen LogP contribution is 2.30. The van der Waals surface area contributed by atoms with Gasteiger partial charge in [0, 0.05) is 5.69 Å². The van der Waals surface area contributed by atoms with Gasteiger partial charge in [-0.05, 0) is 42.0 Å². The first-order chi connectivity index (χ1) is 13.7. The van der Waals surface area contributed by atoms with Crippen molar-refractivity contribution in [2.45, 2.75) is 23.1 Å². The van der Waals surface area contributed by atoms with Crippen LogP contribution in [0.5, 0.6) is 0 Å². The lowest BCUT2D eigenvalue weighted by Crippen LogP contribution is -2.22. The number of carbonyl (C=O) groups is 1. The average Bonchev–Trinajstić information content (AvgIpc) is 3.38. The number of furan rings is 1. The first kappa shape index (κ1) is 18.5. The lowest BCUT2D eigenvalue weighted by molar-refractivity contribution is -0.115. The van der Waals surface area contributed by atoms with Gasteiger partial charge in [0.05, 0.1) is 18.1 Å². The molecular weight excluding hydrogens is 392 g/mol. The number of nitrogens with one attached hydrogen (secondary N) is 2. The van der Waals surface area contributed by atoms with Gasteiger partial charge in [0.15, 0.2) is 4.34 Å². The first-order valence-electron chi connectivity index (χ1n) is 8.73. The van der Waals surface area contributed by atoms with Gasteiger partial charge in [-0.25, -0.2) is 0 Å². The summed E-state index contributed by atoms with van der Waals surface area (Å²) in [5.41, 5.74) is 0.786. The van der Waals surface area contributed by atoms with Crippen LogP contribution < -0.4 is 10.6 Å². The Morgan fingerprint density at radius 1 is 1.14 bits per heavy atom. The maximum absolute atomic E-state index is 12.5. The zero-order chi connectivity index (χ0) is 19.3. The van der Waals surface area contributed by atoms with Crippen molar-refractivity contribution >= 4 is 50.6 Å². The molecule has 0 saturated heterocycles. The summed E-state index contributed by atoms with van der Waals surface area (Å²) < 4.78 is 6.02. The Bertz CT molecular complexity index is 1080. The molecular formula is C20H18N4O2S2. The SMILES string of the molecule is CC(Sc1nnc(NCc2ccco2)s1)C(=O)Nc1ccc2ccccc2c1. The summed E-state index contributed by atoms with van der Waals surface area (Å²) >= 11 is 2.80. The Balaban J connectivity index is 1.33. The van der Waals surface area contributed by atoms with Crippen molar-refractivity contribution in [1.82, 2.24) is 10.2 Å². The van der Waals surface area contributed by atoms with Crippen LogP contribution in [0.3, 0.4) is 0 Å². The molecule has 0 saturated carbocycles. The highest BCUT2D eigenvalue weighted by molar-refractivity contribution is 8.02. The van der Waals surface area contributed by atoms with E-state index in [4.69, 9.17) is 4.42 Å². The molecule has 2 N–H and O–H groups in total. The standard InChI is InChI=1S/C20H18N4O2S2/c1-13(18(25)22-16-9-8-14-5-2-3-6-15(14)11-16)27-20-24-23-19(28-20)21-12-17-7-4-10-26-17/h2-11,13H,12H2,1H3,(H,21,23)(H,22,25). The maximum atomic E-state index is 12.5. The van der Waals surface area contributed by atoms with Crippen LogP contribution in [0.1, 0.15) is 12.7 Å². The molecule has 2 aromatic carbocycles. The third-order valence-corrected chi connectivity index (χ3v) is 6.13. The molecule has 142 valence electrons. The lowest BCUT2D eigenvalue weighted by atomic mass is 10.1. The number of amides is 1. The summed E-state index contributed by atoms with van der Waals surface area (Å²) in [5, 5.41) is 17.0. The van der Waals surface area contributed by atoms with Crippen molar-refractivity contribution in [1.29, 1.82) is 0 Å². The molecule has 8 heteroatoms. The maximum Gasteiger partial charge on any atom is 0.237 e. The second-order valence-corrected chi connectivity index (χ2v) is 8.68. The number of aromatic nitrogens is 2. The van der Waals surface area contributed by atoms with Crippen molar-refractivity contribution in [3.63, 3.8) is 0 Å². The molecule has 0 aliphatic rings. The first-order valence-corrected chi connectivity index (χ1v) is 10.4. The molecule has 4 aromatic rings. The zero-order valence-corrected chi connectivity index (χ0v) is 16.7. The van der Waals surface area contributed by atoms with E-state index in [1.165, 1.54) is 23.1 Å². The normalized spacial score (nSPS) is 12.0. The smallest absolute Gasteiger partial charge is 0.237 e. The van der Waals surface area contributed by atoms with Gasteiger partial charge < -0.3 is 15.1 Å². The van der Waals surface area contributed by atoms with E-state index in [1.807, 2.05) is 61.5 Å². The largest absolute Gasteiger partial charge is 0.467 e. The summed E-state index contributed by atoms with van der Waals surface area (Å²) in [6.45, 7) is 2.41. The summed E-state index contributed by atoms with van der Waals surface area (Å²) in [4.78, 5) is 12.5. The predicted molar refractivity (Wildman–Crippen MR) is 114 cm³/mol. The van der Waals surface area contributed by atoms with Crippen LogP contribution in [0.2, 0.25) is 0 Å². The van der Waals surface area contributed by atoms with Gasteiger partial charge in [0.1, 0.15) is 5.76 Å². The minimum Gasteiger partial charge on any atom is -0.467 e. The lowest BCUT2D eigenvalue weighted by Gasteiger charge is -2.11. The summed E-state index contributed by atoms with van der Waals surface area (Å²) in [5.74, 6) is 0.758. The minimum atomic E-state index is -0.294. The van der Waals surface area contributed by atoms with Crippen LogP contribution in [0.15, 0.2) is 69.6 Å². The van der Waals surface area contributed by atoms with E-state index < -0.39 is 0 Å². The van der Waals surface area contributed by atoms with Crippen molar-refractivity contribution in [2.75, 3.05) is 10.6 Å². The summed E-state index contributed by atoms with van der Waals surface area (Å²) in [6.07, 6.45) is 1.63. The molecule has 0 aliphatic heterocycles. The molecule has 28 heavy (non-hydrogen) atoms. The number of carbonyl (C=O) groups excluding carboxylic acids is 1. The number of nitrogens with zero attached hydrogens (tertiary/aromatic N) is 2. The van der Waals surface area contributed by atoms with E-state index in [0.29, 0.717) is 11.7 Å². The zero-order valence-electron chi connectivity index (χ0n) is 15.1. The molecule has 0 spiro atoms. The molecule has 2 aromatic heterocycles. The van der Waals surface area contributed by atoms with Crippen LogP contribution in [0.4, 0.5) is 10.8 Å². The van der Waals surface area contributed by atoms with E-state index >= 15 is 0 Å².